The fourth-order valence-electron chi connectivity index (χ4n) is 2.66. The first-order valence-corrected chi connectivity index (χ1v) is 8.94. The first-order chi connectivity index (χ1) is 11.3. The lowest BCUT2D eigenvalue weighted by atomic mass is 9.99. The lowest BCUT2D eigenvalue weighted by Crippen LogP contribution is -2.41. The Morgan fingerprint density at radius 1 is 1.13 bits per heavy atom. The number of nitrogens with one attached hydrogen (secondary N) is 1. The highest BCUT2D eigenvalue weighted by atomic mass is 32.2. The highest BCUT2D eigenvalue weighted by molar-refractivity contribution is 7.99. The van der Waals surface area contributed by atoms with Crippen LogP contribution in [0.25, 0.3) is 0 Å². The van der Waals surface area contributed by atoms with E-state index in [4.69, 9.17) is 0 Å². The maximum Gasteiger partial charge on any atom is 0.321 e. The number of urea groups is 1. The van der Waals surface area contributed by atoms with Gasteiger partial charge in [0, 0.05) is 30.7 Å². The molecule has 1 saturated heterocycles. The second kappa shape index (κ2) is 8.02. The number of thioether (sulfide) groups is 1. The second-order valence-electron chi connectivity index (χ2n) is 5.71. The summed E-state index contributed by atoms with van der Waals surface area (Å²) in [6, 6.07) is 15.6. The van der Waals surface area contributed by atoms with E-state index >= 15 is 0 Å². The Labute approximate surface area is 141 Å². The maximum absolute atomic E-state index is 12.3. The van der Waals surface area contributed by atoms with Gasteiger partial charge in [0.1, 0.15) is 0 Å². The third-order valence-corrected chi connectivity index (χ3v) is 5.21. The average molecular weight is 327 g/mol. The summed E-state index contributed by atoms with van der Waals surface area (Å²) in [6.07, 6.45) is 3.95. The molecule has 4 nitrogen and oxygen atoms in total. The fourth-order valence-corrected chi connectivity index (χ4v) is 3.71. The van der Waals surface area contributed by atoms with Crippen LogP contribution in [0.3, 0.4) is 0 Å². The summed E-state index contributed by atoms with van der Waals surface area (Å²) in [7, 11) is 0. The van der Waals surface area contributed by atoms with Crippen LogP contribution in [0.4, 0.5) is 10.5 Å². The minimum atomic E-state index is 0.00651. The molecular weight excluding hydrogens is 306 g/mol. The highest BCUT2D eigenvalue weighted by Crippen LogP contribution is 2.25. The molecule has 0 atom stereocenters. The van der Waals surface area contributed by atoms with Crippen LogP contribution in [0.15, 0.2) is 59.8 Å². The van der Waals surface area contributed by atoms with E-state index in [0.717, 1.165) is 42.4 Å². The molecule has 1 aromatic heterocycles. The van der Waals surface area contributed by atoms with Gasteiger partial charge in [-0.2, -0.15) is 0 Å². The molecule has 120 valence electrons. The normalized spacial score (nSPS) is 15.4. The summed E-state index contributed by atoms with van der Waals surface area (Å²) in [5.74, 6) is 1.73. The molecule has 0 radical (unpaired) electrons. The number of likely N-dealkylation sites (tertiary alicyclic amines) is 1. The number of rotatable bonds is 4. The van der Waals surface area contributed by atoms with Gasteiger partial charge in [-0.25, -0.2) is 9.78 Å². The van der Waals surface area contributed by atoms with Crippen molar-refractivity contribution in [1.29, 1.82) is 0 Å². The third-order valence-electron chi connectivity index (χ3n) is 4.03. The molecule has 3 rings (SSSR count). The number of nitrogens with zero attached hydrogens (tertiary/aromatic N) is 2. The lowest BCUT2D eigenvalue weighted by Gasteiger charge is -2.31. The molecule has 23 heavy (non-hydrogen) atoms. The molecule has 2 heterocycles. The summed E-state index contributed by atoms with van der Waals surface area (Å²) in [6.45, 7) is 1.65. The lowest BCUT2D eigenvalue weighted by molar-refractivity contribution is 0.187. The molecule has 5 heteroatoms. The number of aromatic nitrogens is 1. The van der Waals surface area contributed by atoms with Gasteiger partial charge in [-0.05, 0) is 43.0 Å². The maximum atomic E-state index is 12.3. The smallest absolute Gasteiger partial charge is 0.321 e. The SMILES string of the molecule is O=C(Nc1ccccc1)N1CCC(CSc2ccccn2)CC1. The zero-order chi connectivity index (χ0) is 15.9. The number of anilines is 1. The minimum Gasteiger partial charge on any atom is -0.325 e. The first kappa shape index (κ1) is 15.9. The molecule has 2 aromatic rings. The van der Waals surface area contributed by atoms with Crippen LogP contribution in [-0.2, 0) is 0 Å². The number of carbonyl (C=O) groups excluding carboxylic acids is 1. The molecule has 2 amide bonds. The zero-order valence-corrected chi connectivity index (χ0v) is 13.8. The van der Waals surface area contributed by atoms with Crippen molar-refractivity contribution < 1.29 is 4.79 Å². The molecule has 1 fully saturated rings. The standard InChI is InChI=1S/C18H21N3OS/c22-18(20-16-6-2-1-3-7-16)21-12-9-15(10-13-21)14-23-17-8-4-5-11-19-17/h1-8,11,15H,9-10,12-14H2,(H,20,22). The van der Waals surface area contributed by atoms with E-state index in [1.165, 1.54) is 0 Å². The molecule has 0 aliphatic carbocycles. The molecule has 1 N–H and O–H groups in total. The quantitative estimate of drug-likeness (QED) is 0.859. The molecule has 0 bridgehead atoms. The summed E-state index contributed by atoms with van der Waals surface area (Å²) in [4.78, 5) is 18.5. The minimum absolute atomic E-state index is 0.00651. The number of carbonyl (C=O) groups is 1. The van der Waals surface area contributed by atoms with Gasteiger partial charge < -0.3 is 10.2 Å². The van der Waals surface area contributed by atoms with Crippen LogP contribution in [0.2, 0.25) is 0 Å². The van der Waals surface area contributed by atoms with Crippen LogP contribution in [0.5, 0.6) is 0 Å². The topological polar surface area (TPSA) is 45.2 Å². The van der Waals surface area contributed by atoms with Crippen molar-refractivity contribution in [3.8, 4) is 0 Å². The van der Waals surface area contributed by atoms with E-state index in [0.29, 0.717) is 5.92 Å². The summed E-state index contributed by atoms with van der Waals surface area (Å²) < 4.78 is 0. The zero-order valence-electron chi connectivity index (χ0n) is 13.0. The van der Waals surface area contributed by atoms with Crippen LogP contribution < -0.4 is 5.32 Å². The van der Waals surface area contributed by atoms with E-state index in [-0.39, 0.29) is 6.03 Å². The van der Waals surface area contributed by atoms with Crippen molar-refractivity contribution in [3.63, 3.8) is 0 Å². The Bertz CT molecular complexity index is 613. The molecule has 0 unspecified atom stereocenters. The number of amides is 2. The molecule has 1 aliphatic heterocycles. The van der Waals surface area contributed by atoms with Crippen molar-refractivity contribution in [1.82, 2.24) is 9.88 Å². The number of pyridine rings is 1. The van der Waals surface area contributed by atoms with Crippen LogP contribution in [0, 0.1) is 5.92 Å². The Hall–Kier alpha value is -2.01. The van der Waals surface area contributed by atoms with Gasteiger partial charge in [-0.3, -0.25) is 0 Å². The van der Waals surface area contributed by atoms with E-state index < -0.39 is 0 Å². The molecule has 1 aliphatic rings. The van der Waals surface area contributed by atoms with Crippen molar-refractivity contribution in [2.24, 2.45) is 5.92 Å². The van der Waals surface area contributed by atoms with Crippen molar-refractivity contribution >= 4 is 23.5 Å². The Morgan fingerprint density at radius 3 is 2.57 bits per heavy atom. The first-order valence-electron chi connectivity index (χ1n) is 7.96. The Morgan fingerprint density at radius 2 is 1.87 bits per heavy atom. The van der Waals surface area contributed by atoms with Gasteiger partial charge in [0.15, 0.2) is 0 Å². The van der Waals surface area contributed by atoms with Gasteiger partial charge in [0.05, 0.1) is 5.03 Å². The van der Waals surface area contributed by atoms with E-state index in [2.05, 4.69) is 10.3 Å². The molecule has 0 saturated carbocycles. The predicted octanol–water partition coefficient (Wildman–Crippen LogP) is 4.12. The van der Waals surface area contributed by atoms with Crippen LogP contribution in [0.1, 0.15) is 12.8 Å². The third kappa shape index (κ3) is 4.73. The van der Waals surface area contributed by atoms with Crippen molar-refractivity contribution in [2.75, 3.05) is 24.2 Å². The molecule has 0 spiro atoms. The summed E-state index contributed by atoms with van der Waals surface area (Å²) in [5, 5.41) is 4.04. The van der Waals surface area contributed by atoms with E-state index in [1.54, 1.807) is 0 Å². The van der Waals surface area contributed by atoms with Gasteiger partial charge in [-0.1, -0.05) is 24.3 Å². The molecular formula is C18H21N3OS. The Kier molecular flexibility index (Phi) is 5.53. The number of para-hydroxylation sites is 1. The van der Waals surface area contributed by atoms with Crippen LogP contribution >= 0.6 is 11.8 Å². The van der Waals surface area contributed by atoms with E-state index in [9.17, 15) is 4.79 Å². The van der Waals surface area contributed by atoms with Crippen molar-refractivity contribution in [2.45, 2.75) is 17.9 Å². The highest BCUT2D eigenvalue weighted by Gasteiger charge is 2.22. The molecule has 1 aromatic carbocycles. The van der Waals surface area contributed by atoms with Gasteiger partial charge >= 0.3 is 6.03 Å². The number of piperidine rings is 1. The number of hydrogen-bond acceptors (Lipinski definition) is 3. The summed E-state index contributed by atoms with van der Waals surface area (Å²) >= 11 is 1.81. The second-order valence-corrected chi connectivity index (χ2v) is 6.75. The predicted molar refractivity (Wildman–Crippen MR) is 94.7 cm³/mol. The monoisotopic (exact) mass is 327 g/mol. The summed E-state index contributed by atoms with van der Waals surface area (Å²) in [5.41, 5.74) is 0.852. The van der Waals surface area contributed by atoms with Gasteiger partial charge in [-0.15, -0.1) is 11.8 Å². The van der Waals surface area contributed by atoms with Gasteiger partial charge in [0.2, 0.25) is 0 Å². The average Bonchev–Trinajstić information content (AvgIpc) is 2.62. The van der Waals surface area contributed by atoms with E-state index in [1.807, 2.05) is 71.4 Å². The number of benzene rings is 1. The van der Waals surface area contributed by atoms with Crippen LogP contribution in [-0.4, -0.2) is 34.8 Å². The number of hydrogen-bond donors (Lipinski definition) is 1. The van der Waals surface area contributed by atoms with Gasteiger partial charge in [0.25, 0.3) is 0 Å². The Balaban J connectivity index is 1.42. The fraction of sp³-hybridized carbons (Fsp3) is 0.333. The van der Waals surface area contributed by atoms with Crippen molar-refractivity contribution in [3.05, 3.63) is 54.7 Å². The largest absolute Gasteiger partial charge is 0.325 e.